The Bertz CT molecular complexity index is 974. The summed E-state index contributed by atoms with van der Waals surface area (Å²) in [4.78, 5) is 28.0. The van der Waals surface area contributed by atoms with E-state index in [0.29, 0.717) is 5.69 Å². The van der Waals surface area contributed by atoms with Gasteiger partial charge in [-0.1, -0.05) is 48.0 Å². The van der Waals surface area contributed by atoms with E-state index in [1.165, 1.54) is 12.1 Å². The molecule has 1 heterocycles. The summed E-state index contributed by atoms with van der Waals surface area (Å²) in [5, 5.41) is 13.8. The first-order chi connectivity index (χ1) is 13.4. The first-order valence-corrected chi connectivity index (χ1v) is 9.66. The number of aromatic nitrogens is 1. The van der Waals surface area contributed by atoms with Gasteiger partial charge >= 0.3 is 5.97 Å². The Morgan fingerprint density at radius 1 is 1.18 bits per heavy atom. The van der Waals surface area contributed by atoms with E-state index >= 15 is 0 Å². The van der Waals surface area contributed by atoms with Crippen LogP contribution in [0, 0.1) is 11.7 Å². The van der Waals surface area contributed by atoms with Gasteiger partial charge in [-0.2, -0.15) is 0 Å². The second-order valence-electron chi connectivity index (χ2n) is 6.11. The van der Waals surface area contributed by atoms with Crippen molar-refractivity contribution in [1.29, 1.82) is 0 Å². The summed E-state index contributed by atoms with van der Waals surface area (Å²) in [7, 11) is 0. The number of hydrogen-bond donors (Lipinski definition) is 2. The number of carboxylic acid groups (broad SMARTS) is 1. The summed E-state index contributed by atoms with van der Waals surface area (Å²) in [5.41, 5.74) is 1.33. The van der Waals surface area contributed by atoms with Crippen molar-refractivity contribution in [3.05, 3.63) is 70.3 Å². The van der Waals surface area contributed by atoms with Crippen molar-refractivity contribution in [2.75, 3.05) is 5.32 Å². The zero-order chi connectivity index (χ0) is 20.1. The number of amides is 1. The van der Waals surface area contributed by atoms with Gasteiger partial charge in [0.1, 0.15) is 5.82 Å². The monoisotopic (exact) mass is 418 g/mol. The molecule has 1 amide bonds. The number of aliphatic carboxylic acids is 1. The van der Waals surface area contributed by atoms with Gasteiger partial charge in [-0.3, -0.25) is 9.59 Å². The molecule has 0 unspecified atom stereocenters. The molecule has 0 aliphatic rings. The number of thiazole rings is 1. The molecule has 8 heteroatoms. The smallest absolute Gasteiger partial charge is 0.304 e. The minimum Gasteiger partial charge on any atom is -0.481 e. The van der Waals surface area contributed by atoms with Gasteiger partial charge in [0.05, 0.1) is 28.6 Å². The molecule has 0 spiro atoms. The Kier molecular flexibility index (Phi) is 6.38. The summed E-state index contributed by atoms with van der Waals surface area (Å²) in [6.07, 6.45) is -0.0194. The van der Waals surface area contributed by atoms with Crippen molar-refractivity contribution in [3.63, 3.8) is 0 Å². The average Bonchev–Trinajstić information content (AvgIpc) is 3.09. The van der Waals surface area contributed by atoms with Crippen molar-refractivity contribution in [3.8, 4) is 11.3 Å². The van der Waals surface area contributed by atoms with Gasteiger partial charge in [-0.25, -0.2) is 9.37 Å². The molecule has 2 aromatic carbocycles. The van der Waals surface area contributed by atoms with Crippen LogP contribution in [0.1, 0.15) is 12.0 Å². The lowest BCUT2D eigenvalue weighted by molar-refractivity contribution is -0.140. The van der Waals surface area contributed by atoms with Crippen LogP contribution in [0.4, 0.5) is 9.52 Å². The second kappa shape index (κ2) is 8.95. The minimum absolute atomic E-state index is 0.160. The molecule has 0 saturated heterocycles. The highest BCUT2D eigenvalue weighted by Crippen LogP contribution is 2.32. The van der Waals surface area contributed by atoms with E-state index in [9.17, 15) is 14.0 Å². The quantitative estimate of drug-likeness (QED) is 0.573. The number of benzene rings is 2. The summed E-state index contributed by atoms with van der Waals surface area (Å²) in [6.45, 7) is 0. The molecule has 3 aromatic rings. The maximum Gasteiger partial charge on any atom is 0.304 e. The van der Waals surface area contributed by atoms with Crippen molar-refractivity contribution >= 4 is 39.9 Å². The Morgan fingerprint density at radius 3 is 2.61 bits per heavy atom. The fraction of sp³-hybridized carbons (Fsp3) is 0.150. The van der Waals surface area contributed by atoms with Crippen LogP contribution in [0.15, 0.2) is 53.9 Å². The molecule has 1 atom stereocenters. The molecule has 0 fully saturated rings. The number of hydrogen-bond acceptors (Lipinski definition) is 4. The molecule has 3 rings (SSSR count). The molecule has 144 valence electrons. The van der Waals surface area contributed by atoms with Crippen LogP contribution in [0.25, 0.3) is 11.3 Å². The zero-order valence-electron chi connectivity index (χ0n) is 14.6. The SMILES string of the molecule is O=C(O)C[C@@H](Cc1ccccc1)C(=O)Nc1nc(-c2c(F)cccc2Cl)cs1. The Morgan fingerprint density at radius 2 is 1.93 bits per heavy atom. The van der Waals surface area contributed by atoms with Crippen LogP contribution in [0.3, 0.4) is 0 Å². The van der Waals surface area contributed by atoms with Crippen LogP contribution in [-0.2, 0) is 16.0 Å². The predicted octanol–water partition coefficient (Wildman–Crippen LogP) is 4.87. The molecule has 0 bridgehead atoms. The normalized spacial score (nSPS) is 11.8. The first kappa shape index (κ1) is 20.0. The standard InChI is InChI=1S/C20H16ClFN2O3S/c21-14-7-4-8-15(22)18(14)16-11-28-20(23-16)24-19(27)13(10-17(25)26)9-12-5-2-1-3-6-12/h1-8,11,13H,9-10H2,(H,25,26)(H,23,24,27)/t13-/m1/s1. The minimum atomic E-state index is -1.06. The predicted molar refractivity (Wildman–Crippen MR) is 107 cm³/mol. The molecule has 2 N–H and O–H groups in total. The van der Waals surface area contributed by atoms with Gasteiger partial charge in [-0.15, -0.1) is 11.3 Å². The molecule has 5 nitrogen and oxygen atoms in total. The van der Waals surface area contributed by atoms with Gasteiger partial charge in [0.15, 0.2) is 5.13 Å². The number of halogens is 2. The number of nitrogens with one attached hydrogen (secondary N) is 1. The van der Waals surface area contributed by atoms with Crippen LogP contribution >= 0.6 is 22.9 Å². The zero-order valence-corrected chi connectivity index (χ0v) is 16.1. The fourth-order valence-corrected chi connectivity index (χ4v) is 3.73. The molecule has 0 radical (unpaired) electrons. The lowest BCUT2D eigenvalue weighted by Gasteiger charge is -2.14. The number of carbonyl (C=O) groups is 2. The number of rotatable bonds is 7. The average molecular weight is 419 g/mol. The van der Waals surface area contributed by atoms with Gasteiger partial charge in [0, 0.05) is 5.38 Å². The van der Waals surface area contributed by atoms with Crippen molar-refractivity contribution < 1.29 is 19.1 Å². The molecule has 0 aliphatic heterocycles. The fourth-order valence-electron chi connectivity index (χ4n) is 2.76. The topological polar surface area (TPSA) is 79.3 Å². The molecule has 0 aliphatic carbocycles. The van der Waals surface area contributed by atoms with E-state index in [-0.39, 0.29) is 28.6 Å². The molecule has 1 aromatic heterocycles. The molecular weight excluding hydrogens is 403 g/mol. The highest BCUT2D eigenvalue weighted by Gasteiger charge is 2.23. The highest BCUT2D eigenvalue weighted by atomic mass is 35.5. The van der Waals surface area contributed by atoms with E-state index in [1.54, 1.807) is 11.4 Å². The van der Waals surface area contributed by atoms with Crippen LogP contribution in [-0.4, -0.2) is 22.0 Å². The van der Waals surface area contributed by atoms with Gasteiger partial charge in [-0.05, 0) is 24.1 Å². The Labute approximate surface area is 169 Å². The summed E-state index contributed by atoms with van der Waals surface area (Å²) < 4.78 is 14.0. The van der Waals surface area contributed by atoms with E-state index in [4.69, 9.17) is 16.7 Å². The third-order valence-electron chi connectivity index (χ3n) is 4.07. The van der Waals surface area contributed by atoms with Crippen LogP contribution in [0.5, 0.6) is 0 Å². The van der Waals surface area contributed by atoms with E-state index < -0.39 is 23.6 Å². The van der Waals surface area contributed by atoms with E-state index in [2.05, 4.69) is 10.3 Å². The van der Waals surface area contributed by atoms with Crippen LogP contribution < -0.4 is 5.32 Å². The van der Waals surface area contributed by atoms with Crippen molar-refractivity contribution in [2.24, 2.45) is 5.92 Å². The van der Waals surface area contributed by atoms with E-state index in [0.717, 1.165) is 16.9 Å². The molecule has 0 saturated carbocycles. The number of anilines is 1. The lowest BCUT2D eigenvalue weighted by Crippen LogP contribution is -2.27. The van der Waals surface area contributed by atoms with Gasteiger partial charge < -0.3 is 10.4 Å². The first-order valence-electron chi connectivity index (χ1n) is 8.40. The van der Waals surface area contributed by atoms with Gasteiger partial charge in [0.25, 0.3) is 0 Å². The summed E-state index contributed by atoms with van der Waals surface area (Å²) >= 11 is 7.17. The highest BCUT2D eigenvalue weighted by molar-refractivity contribution is 7.14. The van der Waals surface area contributed by atoms with Crippen molar-refractivity contribution in [1.82, 2.24) is 4.98 Å². The third kappa shape index (κ3) is 4.94. The second-order valence-corrected chi connectivity index (χ2v) is 7.37. The van der Waals surface area contributed by atoms with E-state index in [1.807, 2.05) is 30.3 Å². The molecular formula is C20H16ClFN2O3S. The maximum absolute atomic E-state index is 14.0. The summed E-state index contributed by atoms with van der Waals surface area (Å²) in [6, 6.07) is 13.5. The van der Waals surface area contributed by atoms with Crippen LogP contribution in [0.2, 0.25) is 5.02 Å². The number of carboxylic acids is 1. The van der Waals surface area contributed by atoms with Gasteiger partial charge in [0.2, 0.25) is 5.91 Å². The lowest BCUT2D eigenvalue weighted by atomic mass is 9.95. The Balaban J connectivity index is 1.77. The Hall–Kier alpha value is -2.77. The summed E-state index contributed by atoms with van der Waals surface area (Å²) in [5.74, 6) is -2.78. The van der Waals surface area contributed by atoms with Crippen molar-refractivity contribution in [2.45, 2.75) is 12.8 Å². The maximum atomic E-state index is 14.0. The third-order valence-corrected chi connectivity index (χ3v) is 5.14. The molecule has 28 heavy (non-hydrogen) atoms. The number of carbonyl (C=O) groups excluding carboxylic acids is 1. The largest absolute Gasteiger partial charge is 0.481 e. The number of nitrogens with zero attached hydrogens (tertiary/aromatic N) is 1.